The highest BCUT2D eigenvalue weighted by Gasteiger charge is 2.42. The molecule has 8 heteroatoms. The predicted octanol–water partition coefficient (Wildman–Crippen LogP) is 3.35. The van der Waals surface area contributed by atoms with Crippen LogP contribution < -0.4 is 0 Å². The minimum Gasteiger partial charge on any atom is -0.342 e. The van der Waals surface area contributed by atoms with E-state index in [1.807, 2.05) is 14.0 Å². The first kappa shape index (κ1) is 19.8. The van der Waals surface area contributed by atoms with E-state index in [0.29, 0.717) is 12.2 Å². The molecule has 2 heterocycles. The molecule has 142 valence electrons. The molecule has 1 amide bonds. The van der Waals surface area contributed by atoms with Crippen molar-refractivity contribution in [3.05, 3.63) is 17.0 Å². The summed E-state index contributed by atoms with van der Waals surface area (Å²) in [5.41, 5.74) is -1.04. The number of halogens is 3. The van der Waals surface area contributed by atoms with Gasteiger partial charge in [-0.15, -0.1) is 0 Å². The van der Waals surface area contributed by atoms with Gasteiger partial charge in [0.05, 0.1) is 11.6 Å². The highest BCUT2D eigenvalue weighted by atomic mass is 19.4. The maximum atomic E-state index is 13.5. The van der Waals surface area contributed by atoms with Crippen LogP contribution in [-0.2, 0) is 6.18 Å². The lowest BCUT2D eigenvalue weighted by atomic mass is 10.0. The summed E-state index contributed by atoms with van der Waals surface area (Å²) in [5.74, 6) is -0.600. The fourth-order valence-corrected chi connectivity index (χ4v) is 3.26. The molecule has 25 heavy (non-hydrogen) atoms. The summed E-state index contributed by atoms with van der Waals surface area (Å²) >= 11 is 0. The van der Waals surface area contributed by atoms with Crippen LogP contribution in [0.15, 0.2) is 0 Å². The van der Waals surface area contributed by atoms with Crippen molar-refractivity contribution < 1.29 is 18.0 Å². The van der Waals surface area contributed by atoms with Crippen LogP contribution in [0.5, 0.6) is 0 Å². The normalized spacial score (nSPS) is 17.1. The molecule has 0 saturated carbocycles. The number of carbonyl (C=O) groups is 1. The fraction of sp³-hybridized carbons (Fsp3) is 0.765. The number of piperidine rings is 1. The van der Waals surface area contributed by atoms with E-state index in [1.165, 1.54) is 9.58 Å². The number of alkyl halides is 3. The van der Waals surface area contributed by atoms with Gasteiger partial charge < -0.3 is 9.80 Å². The number of nitrogens with zero attached hydrogens (tertiary/aromatic N) is 4. The number of hydrogen-bond donors (Lipinski definition) is 0. The van der Waals surface area contributed by atoms with E-state index >= 15 is 0 Å². The Bertz CT molecular complexity index is 604. The van der Waals surface area contributed by atoms with E-state index in [1.54, 1.807) is 14.0 Å². The Labute approximate surface area is 146 Å². The number of carbonyl (C=O) groups excluding carboxylic acids is 1. The van der Waals surface area contributed by atoms with Gasteiger partial charge in [0.1, 0.15) is 0 Å². The van der Waals surface area contributed by atoms with Crippen LogP contribution in [-0.4, -0.2) is 59.2 Å². The summed E-state index contributed by atoms with van der Waals surface area (Å²) in [6, 6.07) is -0.0974. The van der Waals surface area contributed by atoms with E-state index in [4.69, 9.17) is 0 Å². The molecule has 0 aromatic carbocycles. The van der Waals surface area contributed by atoms with E-state index in [2.05, 4.69) is 10.00 Å². The number of aromatic nitrogens is 2. The van der Waals surface area contributed by atoms with Gasteiger partial charge in [-0.2, -0.15) is 18.3 Å². The van der Waals surface area contributed by atoms with Gasteiger partial charge >= 0.3 is 6.18 Å². The molecule has 0 unspecified atom stereocenters. The molecule has 5 nitrogen and oxygen atoms in total. The lowest BCUT2D eigenvalue weighted by Gasteiger charge is -2.29. The number of hydrogen-bond acceptors (Lipinski definition) is 3. The zero-order valence-electron chi connectivity index (χ0n) is 15.4. The molecule has 0 atom stereocenters. The zero-order valence-corrected chi connectivity index (χ0v) is 15.4. The first-order valence-electron chi connectivity index (χ1n) is 8.77. The smallest absolute Gasteiger partial charge is 0.342 e. The molecule has 0 spiro atoms. The summed E-state index contributed by atoms with van der Waals surface area (Å²) in [6.07, 6.45) is -1.55. The SMILES string of the molecule is CCCCN(C)C(=O)c1c(C(F)(F)F)nn(C2CCN(C)CC2)c1C. The highest BCUT2D eigenvalue weighted by molar-refractivity contribution is 5.96. The first-order chi connectivity index (χ1) is 11.7. The van der Waals surface area contributed by atoms with Crippen molar-refractivity contribution in [2.75, 3.05) is 33.7 Å². The molecule has 1 aromatic rings. The van der Waals surface area contributed by atoms with Gasteiger partial charge in [-0.3, -0.25) is 9.48 Å². The third-order valence-corrected chi connectivity index (χ3v) is 4.86. The van der Waals surface area contributed by atoms with E-state index in [9.17, 15) is 18.0 Å². The van der Waals surface area contributed by atoms with Gasteiger partial charge in [0, 0.05) is 19.3 Å². The van der Waals surface area contributed by atoms with Gasteiger partial charge in [-0.25, -0.2) is 0 Å². The third kappa shape index (κ3) is 4.34. The molecule has 1 aromatic heterocycles. The van der Waals surface area contributed by atoms with E-state index < -0.39 is 17.8 Å². The Hall–Kier alpha value is -1.57. The quantitative estimate of drug-likeness (QED) is 0.809. The average Bonchev–Trinajstić information content (AvgIpc) is 2.90. The fourth-order valence-electron chi connectivity index (χ4n) is 3.26. The molecule has 1 fully saturated rings. The Balaban J connectivity index is 2.38. The van der Waals surface area contributed by atoms with Crippen LogP contribution in [0.25, 0.3) is 0 Å². The molecule has 0 bridgehead atoms. The minimum atomic E-state index is -4.64. The van der Waals surface area contributed by atoms with Crippen LogP contribution in [0.1, 0.15) is 60.4 Å². The lowest BCUT2D eigenvalue weighted by molar-refractivity contribution is -0.142. The number of unbranched alkanes of at least 4 members (excludes halogenated alkanes) is 1. The van der Waals surface area contributed by atoms with Gasteiger partial charge in [0.15, 0.2) is 5.69 Å². The van der Waals surface area contributed by atoms with Crippen molar-refractivity contribution in [2.24, 2.45) is 0 Å². The average molecular weight is 360 g/mol. The topological polar surface area (TPSA) is 41.4 Å². The second-order valence-electron chi connectivity index (χ2n) is 6.87. The van der Waals surface area contributed by atoms with Gasteiger partial charge in [-0.1, -0.05) is 13.3 Å². The van der Waals surface area contributed by atoms with Crippen molar-refractivity contribution in [1.29, 1.82) is 0 Å². The molecule has 1 aliphatic rings. The van der Waals surface area contributed by atoms with Crippen LogP contribution in [0.2, 0.25) is 0 Å². The highest BCUT2D eigenvalue weighted by Crippen LogP contribution is 2.35. The molecule has 2 rings (SSSR count). The first-order valence-corrected chi connectivity index (χ1v) is 8.77. The molecule has 0 aliphatic carbocycles. The number of rotatable bonds is 5. The second kappa shape index (κ2) is 7.76. The summed E-state index contributed by atoms with van der Waals surface area (Å²) < 4.78 is 41.9. The summed E-state index contributed by atoms with van der Waals surface area (Å²) in [4.78, 5) is 16.2. The summed E-state index contributed by atoms with van der Waals surface area (Å²) in [5, 5.41) is 3.84. The van der Waals surface area contributed by atoms with Crippen LogP contribution in [0.3, 0.4) is 0 Å². The number of likely N-dealkylation sites (tertiary alicyclic amines) is 1. The van der Waals surface area contributed by atoms with Gasteiger partial charge in [0.2, 0.25) is 0 Å². The monoisotopic (exact) mass is 360 g/mol. The van der Waals surface area contributed by atoms with Crippen molar-refractivity contribution in [3.8, 4) is 0 Å². The standard InChI is InChI=1S/C17H27F3N4O/c1-5-6-9-23(4)16(25)14-12(2)24(21-15(14)17(18,19)20)13-7-10-22(3)11-8-13/h13H,5-11H2,1-4H3. The van der Waals surface area contributed by atoms with Gasteiger partial charge in [0.25, 0.3) is 5.91 Å². The minimum absolute atomic E-state index is 0.0974. The Morgan fingerprint density at radius 2 is 1.92 bits per heavy atom. The summed E-state index contributed by atoms with van der Waals surface area (Å²) in [6.45, 7) is 5.60. The Kier molecular flexibility index (Phi) is 6.13. The van der Waals surface area contributed by atoms with Gasteiger partial charge in [-0.05, 0) is 46.3 Å². The van der Waals surface area contributed by atoms with Crippen LogP contribution in [0.4, 0.5) is 13.2 Å². The van der Waals surface area contributed by atoms with Crippen molar-refractivity contribution in [2.45, 2.75) is 51.7 Å². The Morgan fingerprint density at radius 3 is 2.44 bits per heavy atom. The van der Waals surface area contributed by atoms with Crippen molar-refractivity contribution >= 4 is 5.91 Å². The van der Waals surface area contributed by atoms with Crippen molar-refractivity contribution in [1.82, 2.24) is 19.6 Å². The molecule has 0 radical (unpaired) electrons. The maximum absolute atomic E-state index is 13.5. The maximum Gasteiger partial charge on any atom is 0.435 e. The van der Waals surface area contributed by atoms with Crippen molar-refractivity contribution in [3.63, 3.8) is 0 Å². The largest absolute Gasteiger partial charge is 0.435 e. The lowest BCUT2D eigenvalue weighted by Crippen LogP contribution is -2.32. The zero-order chi connectivity index (χ0) is 18.8. The molecular weight excluding hydrogens is 333 g/mol. The molecule has 0 N–H and O–H groups in total. The second-order valence-corrected chi connectivity index (χ2v) is 6.87. The number of amides is 1. The predicted molar refractivity (Wildman–Crippen MR) is 89.6 cm³/mol. The summed E-state index contributed by atoms with van der Waals surface area (Å²) in [7, 11) is 3.54. The molecule has 1 aliphatic heterocycles. The molecule has 1 saturated heterocycles. The van der Waals surface area contributed by atoms with E-state index in [0.717, 1.165) is 38.8 Å². The van der Waals surface area contributed by atoms with Crippen LogP contribution in [0, 0.1) is 6.92 Å². The Morgan fingerprint density at radius 1 is 1.32 bits per heavy atom. The van der Waals surface area contributed by atoms with E-state index in [-0.39, 0.29) is 11.6 Å². The molecular formula is C17H27F3N4O. The van der Waals surface area contributed by atoms with Crippen LogP contribution >= 0.6 is 0 Å². The third-order valence-electron chi connectivity index (χ3n) is 4.86.